The molecule has 0 aromatic heterocycles. The summed E-state index contributed by atoms with van der Waals surface area (Å²) in [5.74, 6) is -0.611. The number of rotatable bonds is 8. The molecule has 0 aliphatic carbocycles. The van der Waals surface area contributed by atoms with Crippen LogP contribution in [0.4, 0.5) is 17.6 Å². The van der Waals surface area contributed by atoms with E-state index in [-0.39, 0.29) is 84.0 Å². The minimum absolute atomic E-state index is 0.0251. The number of carbonyl (C=O) groups excluding carboxylic acids is 2. The van der Waals surface area contributed by atoms with Crippen LogP contribution in [0.2, 0.25) is 0 Å². The van der Waals surface area contributed by atoms with Crippen LogP contribution in [0, 0.1) is 11.6 Å². The number of piperidine rings is 2. The van der Waals surface area contributed by atoms with E-state index < -0.39 is 12.3 Å². The molecule has 58 heavy (non-hydrogen) atoms. The number of amides is 2. The van der Waals surface area contributed by atoms with Gasteiger partial charge in [-0.05, 0) is 123 Å². The van der Waals surface area contributed by atoms with Crippen LogP contribution in [0.25, 0.3) is 0 Å². The van der Waals surface area contributed by atoms with Gasteiger partial charge < -0.3 is 20.0 Å². The summed E-state index contributed by atoms with van der Waals surface area (Å²) in [4.78, 5) is 33.7. The number of aromatic hydroxyl groups is 2. The molecular formula is C46H52F4N4O4. The van der Waals surface area contributed by atoms with Gasteiger partial charge in [0.05, 0.1) is 24.2 Å². The molecule has 0 bridgehead atoms. The molecule has 0 spiro atoms. The van der Waals surface area contributed by atoms with Gasteiger partial charge in [-0.1, -0.05) is 48.5 Å². The highest BCUT2D eigenvalue weighted by Crippen LogP contribution is 2.37. The van der Waals surface area contributed by atoms with E-state index in [0.717, 1.165) is 22.3 Å². The maximum atomic E-state index is 15.0. The predicted molar refractivity (Wildman–Crippen MR) is 214 cm³/mol. The molecular weight excluding hydrogens is 749 g/mol. The average Bonchev–Trinajstić information content (AvgIpc) is 3.81. The van der Waals surface area contributed by atoms with Crippen LogP contribution in [0.3, 0.4) is 0 Å². The standard InChI is InChI=1S/2C23H26F2N2O2/c2*1-15(16-2-6-18(24)7-3-16)27-13-11-22(23(27)29)26-12-10-20(21(25)14-26)17-4-8-19(28)9-5-17/h2*2-9,15,20-22,28H,10-14H2,1H3/t15?,20-,21+,22+;15?,20-,21+,22-/m11/s1. The van der Waals surface area contributed by atoms with Gasteiger partial charge in [-0.15, -0.1) is 0 Å². The number of hydrogen-bond acceptors (Lipinski definition) is 6. The van der Waals surface area contributed by atoms with Gasteiger partial charge in [0.2, 0.25) is 11.8 Å². The van der Waals surface area contributed by atoms with Gasteiger partial charge in [0.15, 0.2) is 0 Å². The van der Waals surface area contributed by atoms with E-state index in [1.165, 1.54) is 24.3 Å². The molecule has 8 atom stereocenters. The molecule has 8 nitrogen and oxygen atoms in total. The second-order valence-electron chi connectivity index (χ2n) is 16.1. The Kier molecular flexibility index (Phi) is 12.7. The third kappa shape index (κ3) is 9.03. The molecule has 8 rings (SSSR count). The number of likely N-dealkylation sites (tertiary alicyclic amines) is 4. The van der Waals surface area contributed by atoms with E-state index in [2.05, 4.69) is 0 Å². The Morgan fingerprint density at radius 1 is 0.517 bits per heavy atom. The molecule has 0 radical (unpaired) electrons. The van der Waals surface area contributed by atoms with E-state index in [4.69, 9.17) is 0 Å². The smallest absolute Gasteiger partial charge is 0.240 e. The molecule has 4 aliphatic rings. The maximum absolute atomic E-state index is 15.0. The van der Waals surface area contributed by atoms with Gasteiger partial charge in [-0.2, -0.15) is 0 Å². The first-order valence-corrected chi connectivity index (χ1v) is 20.3. The fourth-order valence-corrected chi connectivity index (χ4v) is 9.28. The Balaban J connectivity index is 0.000000177. The zero-order valence-electron chi connectivity index (χ0n) is 32.9. The number of carbonyl (C=O) groups is 2. The van der Waals surface area contributed by atoms with Crippen LogP contribution in [0.5, 0.6) is 11.5 Å². The van der Waals surface area contributed by atoms with Gasteiger partial charge in [-0.25, -0.2) is 17.6 Å². The van der Waals surface area contributed by atoms with Crippen LogP contribution in [0.1, 0.15) is 85.7 Å². The van der Waals surface area contributed by atoms with Crippen molar-refractivity contribution in [1.29, 1.82) is 0 Å². The second kappa shape index (κ2) is 17.9. The van der Waals surface area contributed by atoms with Crippen LogP contribution >= 0.6 is 0 Å². The van der Waals surface area contributed by atoms with E-state index in [0.29, 0.717) is 51.9 Å². The quantitative estimate of drug-likeness (QED) is 0.176. The maximum Gasteiger partial charge on any atom is 0.240 e. The highest BCUT2D eigenvalue weighted by atomic mass is 19.1. The van der Waals surface area contributed by atoms with E-state index in [9.17, 15) is 37.4 Å². The van der Waals surface area contributed by atoms with Crippen molar-refractivity contribution in [3.05, 3.63) is 131 Å². The first-order chi connectivity index (χ1) is 27.9. The monoisotopic (exact) mass is 800 g/mol. The molecule has 4 aromatic carbocycles. The first kappa shape index (κ1) is 41.2. The third-order valence-corrected chi connectivity index (χ3v) is 12.7. The number of halogens is 4. The highest BCUT2D eigenvalue weighted by molar-refractivity contribution is 5.85. The van der Waals surface area contributed by atoms with Gasteiger partial charge in [0.1, 0.15) is 35.5 Å². The molecule has 0 saturated carbocycles. The predicted octanol–water partition coefficient (Wildman–Crippen LogP) is 8.04. The summed E-state index contributed by atoms with van der Waals surface area (Å²) in [6, 6.07) is 25.1. The number of phenolic OH excluding ortho intramolecular Hbond substituents is 2. The lowest BCUT2D eigenvalue weighted by molar-refractivity contribution is -0.135. The largest absolute Gasteiger partial charge is 0.508 e. The fourth-order valence-electron chi connectivity index (χ4n) is 9.28. The van der Waals surface area contributed by atoms with Gasteiger partial charge in [0.25, 0.3) is 0 Å². The summed E-state index contributed by atoms with van der Waals surface area (Å²) in [6.45, 7) is 6.95. The fraction of sp³-hybridized carbons (Fsp3) is 0.435. The van der Waals surface area contributed by atoms with Crippen LogP contribution in [0.15, 0.2) is 97.1 Å². The topological polar surface area (TPSA) is 87.6 Å². The molecule has 4 aromatic rings. The summed E-state index contributed by atoms with van der Waals surface area (Å²) < 4.78 is 56.3. The average molecular weight is 801 g/mol. The molecule has 4 aliphatic heterocycles. The molecule has 2 amide bonds. The molecule has 12 heteroatoms. The number of benzene rings is 4. The Labute approximate surface area is 337 Å². The lowest BCUT2D eigenvalue weighted by atomic mass is 9.87. The summed E-state index contributed by atoms with van der Waals surface area (Å²) in [6.07, 6.45) is 0.545. The van der Waals surface area contributed by atoms with E-state index in [1.807, 2.05) is 33.4 Å². The number of alkyl halides is 2. The minimum Gasteiger partial charge on any atom is -0.508 e. The van der Waals surface area contributed by atoms with Crippen molar-refractivity contribution in [3.8, 4) is 11.5 Å². The Hall–Kier alpha value is -4.94. The van der Waals surface area contributed by atoms with Crippen LogP contribution in [-0.2, 0) is 9.59 Å². The first-order valence-electron chi connectivity index (χ1n) is 20.3. The van der Waals surface area contributed by atoms with Crippen molar-refractivity contribution in [2.24, 2.45) is 0 Å². The Morgan fingerprint density at radius 3 is 1.19 bits per heavy atom. The molecule has 308 valence electrons. The SMILES string of the molecule is CC(c1ccc(F)cc1)N1CC[C@@H](N2CC[C@H](c3ccc(O)cc3)[C@@H](F)C2)C1=O.CC(c1ccc(F)cc1)N1CC[C@H](N2CC[C@H](c3ccc(O)cc3)[C@@H](F)C2)C1=O. The molecule has 4 fully saturated rings. The van der Waals surface area contributed by atoms with Crippen molar-refractivity contribution >= 4 is 11.8 Å². The zero-order chi connectivity index (χ0) is 41.1. The second-order valence-corrected chi connectivity index (χ2v) is 16.1. The Bertz CT molecular complexity index is 1860. The minimum atomic E-state index is -1.05. The van der Waals surface area contributed by atoms with Gasteiger partial charge >= 0.3 is 0 Å². The lowest BCUT2D eigenvalue weighted by Gasteiger charge is -2.38. The van der Waals surface area contributed by atoms with Gasteiger partial charge in [-0.3, -0.25) is 19.4 Å². The van der Waals surface area contributed by atoms with Gasteiger partial charge in [0, 0.05) is 38.0 Å². The van der Waals surface area contributed by atoms with Crippen molar-refractivity contribution in [1.82, 2.24) is 19.6 Å². The molecule has 4 saturated heterocycles. The van der Waals surface area contributed by atoms with Crippen molar-refractivity contribution < 1.29 is 37.4 Å². The summed E-state index contributed by atoms with van der Waals surface area (Å²) in [5, 5.41) is 18.9. The molecule has 4 heterocycles. The molecule has 2 N–H and O–H groups in total. The van der Waals surface area contributed by atoms with E-state index in [1.54, 1.807) is 72.8 Å². The zero-order valence-corrected chi connectivity index (χ0v) is 32.9. The van der Waals surface area contributed by atoms with Crippen molar-refractivity contribution in [2.45, 2.75) is 87.9 Å². The van der Waals surface area contributed by atoms with Crippen molar-refractivity contribution in [2.75, 3.05) is 39.3 Å². The number of nitrogens with zero attached hydrogens (tertiary/aromatic N) is 4. The third-order valence-electron chi connectivity index (χ3n) is 12.7. The summed E-state index contributed by atoms with van der Waals surface area (Å²) in [7, 11) is 0. The van der Waals surface area contributed by atoms with Crippen LogP contribution in [-0.4, -0.2) is 105 Å². The summed E-state index contributed by atoms with van der Waals surface area (Å²) >= 11 is 0. The lowest BCUT2D eigenvalue weighted by Crippen LogP contribution is -2.49. The number of phenols is 2. The molecule has 2 unspecified atom stereocenters. The van der Waals surface area contributed by atoms with Crippen molar-refractivity contribution in [3.63, 3.8) is 0 Å². The Morgan fingerprint density at radius 2 is 0.862 bits per heavy atom. The van der Waals surface area contributed by atoms with Crippen LogP contribution < -0.4 is 0 Å². The number of hydrogen-bond donors (Lipinski definition) is 2. The summed E-state index contributed by atoms with van der Waals surface area (Å²) in [5.41, 5.74) is 3.57. The van der Waals surface area contributed by atoms with E-state index >= 15 is 0 Å². The highest BCUT2D eigenvalue weighted by Gasteiger charge is 2.43. The normalized spacial score (nSPS) is 26.7.